The third kappa shape index (κ3) is 3.05. The van der Waals surface area contributed by atoms with Gasteiger partial charge in [-0.25, -0.2) is 0 Å². The van der Waals surface area contributed by atoms with E-state index < -0.39 is 10.0 Å². The molecule has 2 aromatic carbocycles. The Hall–Kier alpha value is -1.94. The molecule has 0 aromatic heterocycles. The second-order valence-corrected chi connectivity index (χ2v) is 5.70. The van der Waals surface area contributed by atoms with Crippen LogP contribution in [0.2, 0.25) is 0 Å². The van der Waals surface area contributed by atoms with Crippen LogP contribution < -0.4 is 4.40 Å². The fourth-order valence-electron chi connectivity index (χ4n) is 1.48. The molecule has 0 heterocycles. The van der Waals surface area contributed by atoms with Crippen molar-refractivity contribution in [3.8, 4) is 0 Å². The Bertz CT molecular complexity index is 644. The van der Waals surface area contributed by atoms with Crippen molar-refractivity contribution in [2.75, 3.05) is 0 Å². The SMILES string of the molecule is Cc1ccc(S(=O)(=O)/[NH+]=C/c2ccccc2)cc1. The first-order valence-corrected chi connectivity index (χ1v) is 7.03. The largest absolute Gasteiger partial charge is 0.393 e. The van der Waals surface area contributed by atoms with E-state index in [1.54, 1.807) is 24.3 Å². The van der Waals surface area contributed by atoms with Crippen molar-refractivity contribution < 1.29 is 12.8 Å². The maximum absolute atomic E-state index is 12.0. The summed E-state index contributed by atoms with van der Waals surface area (Å²) in [5.41, 5.74) is 1.84. The first-order valence-electron chi connectivity index (χ1n) is 5.55. The molecule has 92 valence electrons. The van der Waals surface area contributed by atoms with Gasteiger partial charge >= 0.3 is 10.0 Å². The topological polar surface area (TPSA) is 48.1 Å². The predicted octanol–water partition coefficient (Wildman–Crippen LogP) is 0.883. The summed E-state index contributed by atoms with van der Waals surface area (Å²) < 4.78 is 26.4. The van der Waals surface area contributed by atoms with Gasteiger partial charge in [-0.3, -0.25) is 0 Å². The Morgan fingerprint density at radius 2 is 1.56 bits per heavy atom. The minimum atomic E-state index is -3.48. The van der Waals surface area contributed by atoms with Crippen LogP contribution in [0.1, 0.15) is 11.1 Å². The van der Waals surface area contributed by atoms with Gasteiger partial charge in [0.2, 0.25) is 0 Å². The summed E-state index contributed by atoms with van der Waals surface area (Å²) in [5, 5.41) is 0. The molecule has 0 amide bonds. The van der Waals surface area contributed by atoms with Gasteiger partial charge in [-0.1, -0.05) is 35.9 Å². The number of rotatable bonds is 3. The Morgan fingerprint density at radius 1 is 0.944 bits per heavy atom. The summed E-state index contributed by atoms with van der Waals surface area (Å²) >= 11 is 0. The van der Waals surface area contributed by atoms with Gasteiger partial charge in [0, 0.05) is 5.56 Å². The Kier molecular flexibility index (Phi) is 3.58. The normalized spacial score (nSPS) is 11.8. The molecule has 2 aromatic rings. The summed E-state index contributed by atoms with van der Waals surface area (Å²) in [5.74, 6) is 0. The quantitative estimate of drug-likeness (QED) is 0.833. The highest BCUT2D eigenvalue weighted by molar-refractivity contribution is 7.84. The zero-order chi connectivity index (χ0) is 13.0. The molecule has 0 aliphatic carbocycles. The highest BCUT2D eigenvalue weighted by Crippen LogP contribution is 2.06. The van der Waals surface area contributed by atoms with Crippen LogP contribution in [0.25, 0.3) is 0 Å². The molecule has 0 unspecified atom stereocenters. The predicted molar refractivity (Wildman–Crippen MR) is 70.9 cm³/mol. The van der Waals surface area contributed by atoms with Crippen molar-refractivity contribution in [2.45, 2.75) is 11.8 Å². The first-order chi connectivity index (χ1) is 8.58. The molecule has 0 spiro atoms. The average molecular weight is 260 g/mol. The van der Waals surface area contributed by atoms with E-state index in [1.165, 1.54) is 6.21 Å². The van der Waals surface area contributed by atoms with Crippen molar-refractivity contribution in [3.63, 3.8) is 0 Å². The number of hydrogen-bond donors (Lipinski definition) is 1. The summed E-state index contributed by atoms with van der Waals surface area (Å²) in [6.45, 7) is 1.92. The molecule has 0 radical (unpaired) electrons. The van der Waals surface area contributed by atoms with Gasteiger partial charge < -0.3 is 0 Å². The summed E-state index contributed by atoms with van der Waals surface area (Å²) in [4.78, 5) is 0.264. The first kappa shape index (κ1) is 12.5. The highest BCUT2D eigenvalue weighted by atomic mass is 32.2. The van der Waals surface area contributed by atoms with Crippen LogP contribution in [0.15, 0.2) is 59.5 Å². The molecule has 3 nitrogen and oxygen atoms in total. The summed E-state index contributed by atoms with van der Waals surface area (Å²) in [6, 6.07) is 16.0. The van der Waals surface area contributed by atoms with Crippen LogP contribution in [0.3, 0.4) is 0 Å². The number of nitrogens with one attached hydrogen (secondary N) is 1. The lowest BCUT2D eigenvalue weighted by Gasteiger charge is -1.95. The van der Waals surface area contributed by atoms with Gasteiger partial charge in [-0.2, -0.15) is 8.42 Å². The second-order valence-electron chi connectivity index (χ2n) is 3.99. The van der Waals surface area contributed by atoms with Crippen molar-refractivity contribution >= 4 is 16.2 Å². The van der Waals surface area contributed by atoms with Crippen molar-refractivity contribution in [3.05, 3.63) is 65.7 Å². The van der Waals surface area contributed by atoms with E-state index >= 15 is 0 Å². The van der Waals surface area contributed by atoms with E-state index in [2.05, 4.69) is 4.40 Å². The lowest BCUT2D eigenvalue weighted by Crippen LogP contribution is -2.73. The highest BCUT2D eigenvalue weighted by Gasteiger charge is 2.16. The Morgan fingerprint density at radius 3 is 2.17 bits per heavy atom. The molecule has 0 aliphatic rings. The monoisotopic (exact) mass is 260 g/mol. The van der Waals surface area contributed by atoms with Gasteiger partial charge in [-0.05, 0) is 31.2 Å². The van der Waals surface area contributed by atoms with E-state index in [0.29, 0.717) is 0 Å². The molecule has 18 heavy (non-hydrogen) atoms. The lowest BCUT2D eigenvalue weighted by atomic mass is 10.2. The molecular weight excluding hydrogens is 246 g/mol. The zero-order valence-electron chi connectivity index (χ0n) is 10.00. The van der Waals surface area contributed by atoms with Crippen LogP contribution in [-0.4, -0.2) is 14.6 Å². The standard InChI is InChI=1S/C14H13NO2S/c1-12-7-9-14(10-8-12)18(16,17)15-11-13-5-3-2-4-6-13/h2-11H,1H3/p+1/b15-11+. The molecular formula is C14H14NO2S+. The summed E-state index contributed by atoms with van der Waals surface area (Å²) in [7, 11) is -3.48. The number of sulfonamides is 1. The summed E-state index contributed by atoms with van der Waals surface area (Å²) in [6.07, 6.45) is 1.48. The Balaban J connectivity index is 2.28. The smallest absolute Gasteiger partial charge is 0.159 e. The third-order valence-corrected chi connectivity index (χ3v) is 3.83. The van der Waals surface area contributed by atoms with Crippen LogP contribution in [0.5, 0.6) is 0 Å². The average Bonchev–Trinajstić information content (AvgIpc) is 2.38. The zero-order valence-corrected chi connectivity index (χ0v) is 10.8. The molecule has 0 aliphatic heterocycles. The molecule has 2 rings (SSSR count). The molecule has 1 N–H and O–H groups in total. The third-order valence-electron chi connectivity index (χ3n) is 2.51. The second kappa shape index (κ2) is 5.14. The van der Waals surface area contributed by atoms with Gasteiger partial charge in [0.05, 0.1) is 0 Å². The molecule has 0 saturated heterocycles. The fraction of sp³-hybridized carbons (Fsp3) is 0.0714. The number of hydrogen-bond acceptors (Lipinski definition) is 2. The van der Waals surface area contributed by atoms with Crippen LogP contribution in [-0.2, 0) is 10.0 Å². The Labute approximate surface area is 107 Å². The van der Waals surface area contributed by atoms with Gasteiger partial charge in [0.25, 0.3) is 0 Å². The molecule has 0 fully saturated rings. The van der Waals surface area contributed by atoms with Crippen LogP contribution in [0.4, 0.5) is 0 Å². The maximum atomic E-state index is 12.0. The maximum Gasteiger partial charge on any atom is 0.393 e. The molecule has 0 bridgehead atoms. The fourth-order valence-corrected chi connectivity index (χ4v) is 2.40. The minimum Gasteiger partial charge on any atom is -0.159 e. The number of aryl methyl sites for hydroxylation is 1. The van der Waals surface area contributed by atoms with E-state index in [1.807, 2.05) is 37.3 Å². The van der Waals surface area contributed by atoms with Crippen molar-refractivity contribution in [1.82, 2.24) is 0 Å². The van der Waals surface area contributed by atoms with Crippen molar-refractivity contribution in [2.24, 2.45) is 0 Å². The lowest BCUT2D eigenvalue weighted by molar-refractivity contribution is -0.260. The molecule has 0 saturated carbocycles. The van der Waals surface area contributed by atoms with Crippen molar-refractivity contribution in [1.29, 1.82) is 0 Å². The van der Waals surface area contributed by atoms with Gasteiger partial charge in [-0.15, -0.1) is 4.40 Å². The molecule has 4 heteroatoms. The number of benzene rings is 2. The van der Waals surface area contributed by atoms with E-state index in [9.17, 15) is 8.42 Å². The van der Waals surface area contributed by atoms with E-state index in [4.69, 9.17) is 0 Å². The van der Waals surface area contributed by atoms with Crippen LogP contribution in [0, 0.1) is 6.92 Å². The van der Waals surface area contributed by atoms with Gasteiger partial charge in [0.15, 0.2) is 6.21 Å². The molecule has 0 atom stereocenters. The van der Waals surface area contributed by atoms with Crippen LogP contribution >= 0.6 is 0 Å². The minimum absolute atomic E-state index is 0.264. The van der Waals surface area contributed by atoms with E-state index in [-0.39, 0.29) is 4.90 Å². The van der Waals surface area contributed by atoms with Gasteiger partial charge in [0.1, 0.15) is 4.90 Å². The van der Waals surface area contributed by atoms with E-state index in [0.717, 1.165) is 11.1 Å².